The number of hydrazone groups is 1. The van der Waals surface area contributed by atoms with Gasteiger partial charge in [-0.25, -0.2) is 5.01 Å². The Labute approximate surface area is 93.5 Å². The van der Waals surface area contributed by atoms with Crippen molar-refractivity contribution in [1.29, 1.82) is 0 Å². The molecule has 1 amide bonds. The quantitative estimate of drug-likeness (QED) is 0.237. The highest BCUT2D eigenvalue weighted by molar-refractivity contribution is 5.59. The molecule has 3 heteroatoms. The summed E-state index contributed by atoms with van der Waals surface area (Å²) in [5.74, 6) is 0. The number of unbranched alkanes of at least 4 members (excludes halogenated alkanes) is 7. The zero-order valence-corrected chi connectivity index (χ0v) is 10.1. The van der Waals surface area contributed by atoms with E-state index in [1.165, 1.54) is 50.0 Å². The molecule has 0 aromatic heterocycles. The molecule has 0 aliphatic rings. The molecular formula is C12H24N2O. The van der Waals surface area contributed by atoms with Gasteiger partial charge in [0.15, 0.2) is 0 Å². The first-order valence-corrected chi connectivity index (χ1v) is 6.01. The van der Waals surface area contributed by atoms with E-state index in [1.807, 2.05) is 6.21 Å². The minimum absolute atomic E-state index is 0.710. The molecule has 0 bridgehead atoms. The van der Waals surface area contributed by atoms with E-state index in [9.17, 15) is 4.79 Å². The van der Waals surface area contributed by atoms with Gasteiger partial charge in [0.05, 0.1) is 0 Å². The van der Waals surface area contributed by atoms with Crippen LogP contribution in [-0.4, -0.2) is 24.7 Å². The van der Waals surface area contributed by atoms with Crippen molar-refractivity contribution in [3.63, 3.8) is 0 Å². The Balaban J connectivity index is 3.11. The number of hydrogen-bond donors (Lipinski definition) is 0. The van der Waals surface area contributed by atoms with Crippen molar-refractivity contribution in [2.24, 2.45) is 5.10 Å². The van der Waals surface area contributed by atoms with Gasteiger partial charge in [0.1, 0.15) is 0 Å². The summed E-state index contributed by atoms with van der Waals surface area (Å²) in [5, 5.41) is 5.22. The summed E-state index contributed by atoms with van der Waals surface area (Å²) >= 11 is 0. The van der Waals surface area contributed by atoms with Crippen LogP contribution < -0.4 is 0 Å². The maximum absolute atomic E-state index is 10.2. The first-order chi connectivity index (χ1) is 7.31. The fourth-order valence-corrected chi connectivity index (χ4v) is 1.41. The predicted molar refractivity (Wildman–Crippen MR) is 64.9 cm³/mol. The molecule has 0 aromatic rings. The predicted octanol–water partition coefficient (Wildman–Crippen LogP) is 3.20. The molecule has 3 nitrogen and oxygen atoms in total. The fourth-order valence-electron chi connectivity index (χ4n) is 1.41. The topological polar surface area (TPSA) is 32.7 Å². The highest BCUT2D eigenvalue weighted by atomic mass is 16.1. The van der Waals surface area contributed by atoms with Crippen LogP contribution in [0.2, 0.25) is 0 Å². The molecule has 0 saturated carbocycles. The van der Waals surface area contributed by atoms with Crippen molar-refractivity contribution in [2.45, 2.75) is 58.3 Å². The van der Waals surface area contributed by atoms with Crippen molar-refractivity contribution < 1.29 is 4.79 Å². The first kappa shape index (κ1) is 14.1. The summed E-state index contributed by atoms with van der Waals surface area (Å²) in [6.07, 6.45) is 12.7. The molecular weight excluding hydrogens is 188 g/mol. The number of carbonyl (C=O) groups is 1. The zero-order chi connectivity index (χ0) is 11.4. The van der Waals surface area contributed by atoms with Crippen LogP contribution in [0.3, 0.4) is 0 Å². The molecule has 15 heavy (non-hydrogen) atoms. The maximum atomic E-state index is 10.2. The van der Waals surface area contributed by atoms with E-state index in [1.54, 1.807) is 7.05 Å². The minimum Gasteiger partial charge on any atom is -0.277 e. The number of nitrogens with zero attached hydrogens (tertiary/aromatic N) is 2. The average Bonchev–Trinajstić information content (AvgIpc) is 2.26. The van der Waals surface area contributed by atoms with Gasteiger partial charge in [-0.2, -0.15) is 5.10 Å². The second kappa shape index (κ2) is 11.2. The molecule has 0 atom stereocenters. The van der Waals surface area contributed by atoms with E-state index < -0.39 is 0 Å². The maximum Gasteiger partial charge on any atom is 0.229 e. The lowest BCUT2D eigenvalue weighted by atomic mass is 10.1. The average molecular weight is 212 g/mol. The number of carbonyl (C=O) groups excluding carboxylic acids is 1. The van der Waals surface area contributed by atoms with Crippen LogP contribution >= 0.6 is 0 Å². The van der Waals surface area contributed by atoms with Crippen LogP contribution in [0.5, 0.6) is 0 Å². The SMILES string of the molecule is CCCCCCCCCC=NN(C)C=O. The van der Waals surface area contributed by atoms with E-state index in [0.717, 1.165) is 6.42 Å². The molecule has 0 N–H and O–H groups in total. The van der Waals surface area contributed by atoms with Crippen molar-refractivity contribution >= 4 is 12.6 Å². The van der Waals surface area contributed by atoms with Gasteiger partial charge in [-0.15, -0.1) is 0 Å². The third-order valence-electron chi connectivity index (χ3n) is 2.35. The van der Waals surface area contributed by atoms with Gasteiger partial charge >= 0.3 is 0 Å². The summed E-state index contributed by atoms with van der Waals surface area (Å²) in [4.78, 5) is 10.2. The van der Waals surface area contributed by atoms with Crippen LogP contribution in [0.1, 0.15) is 58.3 Å². The Hall–Kier alpha value is -0.860. The van der Waals surface area contributed by atoms with Gasteiger partial charge in [0.2, 0.25) is 6.41 Å². The molecule has 0 rings (SSSR count). The van der Waals surface area contributed by atoms with Gasteiger partial charge in [-0.1, -0.05) is 45.4 Å². The third kappa shape index (κ3) is 11.1. The van der Waals surface area contributed by atoms with Gasteiger partial charge in [-0.3, -0.25) is 4.79 Å². The lowest BCUT2D eigenvalue weighted by molar-refractivity contribution is -0.116. The van der Waals surface area contributed by atoms with E-state index in [4.69, 9.17) is 0 Å². The molecule has 88 valence electrons. The standard InChI is InChI=1S/C12H24N2O/c1-3-4-5-6-7-8-9-10-11-13-14(2)12-15/h11-12H,3-10H2,1-2H3. The van der Waals surface area contributed by atoms with Crippen molar-refractivity contribution in [3.05, 3.63) is 0 Å². The van der Waals surface area contributed by atoms with Crippen LogP contribution in [0.4, 0.5) is 0 Å². The van der Waals surface area contributed by atoms with Crippen LogP contribution in [-0.2, 0) is 4.79 Å². The zero-order valence-electron chi connectivity index (χ0n) is 10.1. The second-order valence-corrected chi connectivity index (χ2v) is 3.89. The van der Waals surface area contributed by atoms with Gasteiger partial charge in [-0.05, 0) is 12.8 Å². The van der Waals surface area contributed by atoms with Crippen molar-refractivity contribution in [2.75, 3.05) is 7.05 Å². The Bertz CT molecular complexity index is 169. The summed E-state index contributed by atoms with van der Waals surface area (Å²) in [7, 11) is 1.65. The van der Waals surface area contributed by atoms with Gasteiger partial charge in [0.25, 0.3) is 0 Å². The fraction of sp³-hybridized carbons (Fsp3) is 0.833. The normalized spacial score (nSPS) is 10.8. The molecule has 0 unspecified atom stereocenters. The Kier molecular flexibility index (Phi) is 10.6. The van der Waals surface area contributed by atoms with Crippen LogP contribution in [0.15, 0.2) is 5.10 Å². The third-order valence-corrected chi connectivity index (χ3v) is 2.35. The highest BCUT2D eigenvalue weighted by Crippen LogP contribution is 2.07. The Morgan fingerprint density at radius 3 is 2.27 bits per heavy atom. The Morgan fingerprint density at radius 1 is 1.07 bits per heavy atom. The van der Waals surface area contributed by atoms with Crippen LogP contribution in [0, 0.1) is 0 Å². The Morgan fingerprint density at radius 2 is 1.67 bits per heavy atom. The molecule has 0 saturated heterocycles. The molecule has 0 spiro atoms. The van der Waals surface area contributed by atoms with E-state index in [2.05, 4.69) is 12.0 Å². The summed E-state index contributed by atoms with van der Waals surface area (Å²) in [6, 6.07) is 0. The number of rotatable bonds is 10. The summed E-state index contributed by atoms with van der Waals surface area (Å²) < 4.78 is 0. The van der Waals surface area contributed by atoms with Crippen molar-refractivity contribution in [1.82, 2.24) is 5.01 Å². The van der Waals surface area contributed by atoms with E-state index in [0.29, 0.717) is 6.41 Å². The molecule has 0 aliphatic carbocycles. The van der Waals surface area contributed by atoms with E-state index >= 15 is 0 Å². The highest BCUT2D eigenvalue weighted by Gasteiger charge is 1.90. The largest absolute Gasteiger partial charge is 0.277 e. The van der Waals surface area contributed by atoms with Gasteiger partial charge in [0, 0.05) is 13.3 Å². The number of hydrogen-bond acceptors (Lipinski definition) is 2. The van der Waals surface area contributed by atoms with Crippen LogP contribution in [0.25, 0.3) is 0 Å². The molecule has 0 radical (unpaired) electrons. The summed E-state index contributed by atoms with van der Waals surface area (Å²) in [5.41, 5.74) is 0. The first-order valence-electron chi connectivity index (χ1n) is 6.01. The van der Waals surface area contributed by atoms with E-state index in [-0.39, 0.29) is 0 Å². The number of amides is 1. The smallest absolute Gasteiger partial charge is 0.229 e. The minimum atomic E-state index is 0.710. The lowest BCUT2D eigenvalue weighted by Crippen LogP contribution is -2.06. The lowest BCUT2D eigenvalue weighted by Gasteiger charge is -2.01. The molecule has 0 aliphatic heterocycles. The molecule has 0 fully saturated rings. The summed E-state index contributed by atoms with van der Waals surface area (Å²) in [6.45, 7) is 2.24. The van der Waals surface area contributed by atoms with Crippen molar-refractivity contribution in [3.8, 4) is 0 Å². The van der Waals surface area contributed by atoms with Gasteiger partial charge < -0.3 is 0 Å². The molecule has 0 aromatic carbocycles. The monoisotopic (exact) mass is 212 g/mol. The molecule has 0 heterocycles. The second-order valence-electron chi connectivity index (χ2n) is 3.89.